The fraction of sp³-hybridized carbons (Fsp3) is 0.304. The van der Waals surface area contributed by atoms with Crippen molar-refractivity contribution >= 4 is 29.6 Å². The number of aromatic amines is 1. The Balaban J connectivity index is 1.76. The number of nitrogens with one attached hydrogen (secondary N) is 2. The van der Waals surface area contributed by atoms with Gasteiger partial charge in [0.05, 0.1) is 22.5 Å². The number of hydrogen-bond acceptors (Lipinski definition) is 6. The minimum Gasteiger partial charge on any atom is -0.361 e. The highest BCUT2D eigenvalue weighted by Gasteiger charge is 2.36. The summed E-state index contributed by atoms with van der Waals surface area (Å²) in [6.45, 7) is 1.49. The first-order valence-electron chi connectivity index (χ1n) is 9.97. The van der Waals surface area contributed by atoms with Gasteiger partial charge in [0.2, 0.25) is 11.6 Å². The second-order valence-electron chi connectivity index (χ2n) is 7.84. The Morgan fingerprint density at radius 1 is 1.10 bits per heavy atom. The van der Waals surface area contributed by atoms with Crippen LogP contribution in [0.3, 0.4) is 0 Å². The van der Waals surface area contributed by atoms with Crippen LogP contribution in [0.15, 0.2) is 51.3 Å². The van der Waals surface area contributed by atoms with Crippen molar-refractivity contribution in [3.05, 3.63) is 63.2 Å². The van der Waals surface area contributed by atoms with Crippen LogP contribution in [0.2, 0.25) is 0 Å². The predicted molar refractivity (Wildman–Crippen MR) is 116 cm³/mol. The maximum atomic E-state index is 13.0. The molecule has 1 aliphatic heterocycles. The van der Waals surface area contributed by atoms with Crippen LogP contribution in [-0.4, -0.2) is 67.7 Å². The lowest BCUT2D eigenvalue weighted by molar-refractivity contribution is -0.112. The molecule has 7 heteroatoms. The van der Waals surface area contributed by atoms with E-state index < -0.39 is 11.6 Å². The summed E-state index contributed by atoms with van der Waals surface area (Å²) in [7, 11) is 5.78. The van der Waals surface area contributed by atoms with Crippen LogP contribution in [0.1, 0.15) is 28.0 Å². The second kappa shape index (κ2) is 7.93. The van der Waals surface area contributed by atoms with Gasteiger partial charge in [0, 0.05) is 30.1 Å². The average molecular weight is 404 g/mol. The van der Waals surface area contributed by atoms with E-state index in [0.29, 0.717) is 47.5 Å². The van der Waals surface area contributed by atoms with Gasteiger partial charge in [-0.2, -0.15) is 0 Å². The molecule has 7 nitrogen and oxygen atoms in total. The van der Waals surface area contributed by atoms with Gasteiger partial charge in [0.15, 0.2) is 5.78 Å². The van der Waals surface area contributed by atoms with E-state index in [4.69, 9.17) is 0 Å². The van der Waals surface area contributed by atoms with E-state index in [9.17, 15) is 14.4 Å². The summed E-state index contributed by atoms with van der Waals surface area (Å²) < 4.78 is 0. The molecule has 4 rings (SSSR count). The smallest absolute Gasteiger partial charge is 0.235 e. The molecule has 0 saturated heterocycles. The van der Waals surface area contributed by atoms with Gasteiger partial charge in [-0.3, -0.25) is 19.4 Å². The number of Topliss-reactive ketones (excluding diaryl/α,β-unsaturated/α-hetero) is 2. The summed E-state index contributed by atoms with van der Waals surface area (Å²) in [5, 5.41) is 3.06. The average Bonchev–Trinajstić information content (AvgIpc) is 3.33. The Morgan fingerprint density at radius 2 is 1.90 bits per heavy atom. The van der Waals surface area contributed by atoms with E-state index >= 15 is 0 Å². The van der Waals surface area contributed by atoms with Crippen LogP contribution >= 0.6 is 0 Å². The number of aliphatic imine (C=N–C) groups is 1. The number of aromatic nitrogens is 1. The Bertz CT molecular complexity index is 1110. The van der Waals surface area contributed by atoms with Gasteiger partial charge in [-0.05, 0) is 69.9 Å². The standard InChI is InChI=1S/C23H24N4O3/c1-24-8-6-13-12-26-21-15(4-5-18(28)20(13)21)16-10-17-19(23(30)22(16)29)14(11-25-17)7-9-27(2)3/h4-5,10-12,24-25H,6-9H2,1-3H3. The molecule has 0 unspecified atom stereocenters. The van der Waals surface area contributed by atoms with Crippen molar-refractivity contribution < 1.29 is 14.4 Å². The fourth-order valence-electron chi connectivity index (χ4n) is 3.94. The minimum absolute atomic E-state index is 0.126. The zero-order valence-corrected chi connectivity index (χ0v) is 17.3. The molecular formula is C23H24N4O3. The second-order valence-corrected chi connectivity index (χ2v) is 7.84. The van der Waals surface area contributed by atoms with Crippen molar-refractivity contribution in [2.75, 3.05) is 34.2 Å². The van der Waals surface area contributed by atoms with Crippen LogP contribution in [0, 0.1) is 0 Å². The third kappa shape index (κ3) is 3.36. The Morgan fingerprint density at radius 3 is 2.63 bits per heavy atom. The van der Waals surface area contributed by atoms with Crippen molar-refractivity contribution in [1.29, 1.82) is 0 Å². The molecule has 1 aromatic heterocycles. The lowest BCUT2D eigenvalue weighted by Crippen LogP contribution is -2.25. The molecule has 0 radical (unpaired) electrons. The van der Waals surface area contributed by atoms with Gasteiger partial charge in [0.25, 0.3) is 0 Å². The molecule has 30 heavy (non-hydrogen) atoms. The summed E-state index contributed by atoms with van der Waals surface area (Å²) in [5.41, 5.74) is 4.56. The zero-order chi connectivity index (χ0) is 21.4. The maximum absolute atomic E-state index is 13.0. The Labute approximate surface area is 174 Å². The normalized spacial score (nSPS) is 18.0. The number of fused-ring (bicyclic) bond motifs is 2. The summed E-state index contributed by atoms with van der Waals surface area (Å²) in [6, 6.07) is 0. The number of nitrogens with zero attached hydrogens (tertiary/aromatic N) is 2. The van der Waals surface area contributed by atoms with Gasteiger partial charge >= 0.3 is 0 Å². The molecule has 0 atom stereocenters. The van der Waals surface area contributed by atoms with Gasteiger partial charge in [-0.1, -0.05) is 0 Å². The molecule has 0 aromatic carbocycles. The largest absolute Gasteiger partial charge is 0.361 e. The lowest BCUT2D eigenvalue weighted by atomic mass is 9.83. The minimum atomic E-state index is -0.562. The van der Waals surface area contributed by atoms with Crippen molar-refractivity contribution in [1.82, 2.24) is 15.2 Å². The topological polar surface area (TPSA) is 94.6 Å². The van der Waals surface area contributed by atoms with E-state index in [0.717, 1.165) is 17.7 Å². The summed E-state index contributed by atoms with van der Waals surface area (Å²) in [4.78, 5) is 48.1. The van der Waals surface area contributed by atoms with Crippen LogP contribution in [-0.2, 0) is 16.0 Å². The molecule has 2 aliphatic carbocycles. The monoisotopic (exact) mass is 404 g/mol. The molecule has 2 heterocycles. The van der Waals surface area contributed by atoms with Crippen LogP contribution < -0.4 is 5.32 Å². The quantitative estimate of drug-likeness (QED) is 0.674. The predicted octanol–water partition coefficient (Wildman–Crippen LogP) is 1.65. The van der Waals surface area contributed by atoms with Gasteiger partial charge in [-0.15, -0.1) is 0 Å². The molecule has 0 bridgehead atoms. The van der Waals surface area contributed by atoms with Gasteiger partial charge in [0.1, 0.15) is 0 Å². The number of allylic oxidation sites excluding steroid dienone is 5. The summed E-state index contributed by atoms with van der Waals surface area (Å²) in [6.07, 6.45) is 9.57. The van der Waals surface area contributed by atoms with E-state index in [2.05, 4.69) is 15.3 Å². The van der Waals surface area contributed by atoms with E-state index in [1.807, 2.05) is 26.0 Å². The molecule has 0 spiro atoms. The van der Waals surface area contributed by atoms with E-state index in [1.165, 1.54) is 6.08 Å². The number of rotatable bonds is 7. The number of likely N-dealkylation sites (N-methyl/N-ethyl adjacent to an activating group) is 1. The highest BCUT2D eigenvalue weighted by Crippen LogP contribution is 2.37. The molecule has 154 valence electrons. The Hall–Kier alpha value is -3.16. The van der Waals surface area contributed by atoms with E-state index in [-0.39, 0.29) is 11.4 Å². The Kier molecular flexibility index (Phi) is 5.32. The molecule has 0 fully saturated rings. The van der Waals surface area contributed by atoms with Gasteiger partial charge in [-0.25, -0.2) is 0 Å². The maximum Gasteiger partial charge on any atom is 0.235 e. The number of carbonyl (C=O) groups is 3. The number of carbonyl (C=O) groups excluding carboxylic acids is 3. The third-order valence-corrected chi connectivity index (χ3v) is 5.53. The zero-order valence-electron chi connectivity index (χ0n) is 17.3. The highest BCUT2D eigenvalue weighted by molar-refractivity contribution is 6.53. The summed E-state index contributed by atoms with van der Waals surface area (Å²) >= 11 is 0. The SMILES string of the molecule is CNCCC1=C2C(=O)C=CC(C3=Cc4[nH]cc(CCN(C)C)c4C(=O)C3=O)=C2N=C1. The van der Waals surface area contributed by atoms with Crippen molar-refractivity contribution in [2.24, 2.45) is 4.99 Å². The van der Waals surface area contributed by atoms with Crippen LogP contribution in [0.25, 0.3) is 6.08 Å². The molecule has 0 saturated carbocycles. The summed E-state index contributed by atoms with van der Waals surface area (Å²) in [5.74, 6) is -1.20. The van der Waals surface area contributed by atoms with Crippen LogP contribution in [0.5, 0.6) is 0 Å². The molecule has 3 aliphatic rings. The number of H-pyrrole nitrogens is 1. The van der Waals surface area contributed by atoms with Crippen molar-refractivity contribution in [3.63, 3.8) is 0 Å². The van der Waals surface area contributed by atoms with Crippen molar-refractivity contribution in [3.8, 4) is 0 Å². The number of ketones is 3. The first-order chi connectivity index (χ1) is 14.4. The van der Waals surface area contributed by atoms with E-state index in [1.54, 1.807) is 24.6 Å². The first-order valence-corrected chi connectivity index (χ1v) is 9.97. The first kappa shape index (κ1) is 20.1. The molecule has 0 amide bonds. The van der Waals surface area contributed by atoms with Gasteiger partial charge < -0.3 is 15.2 Å². The molecular weight excluding hydrogens is 380 g/mol. The van der Waals surface area contributed by atoms with Crippen molar-refractivity contribution in [2.45, 2.75) is 12.8 Å². The lowest BCUT2D eigenvalue weighted by Gasteiger charge is -2.18. The highest BCUT2D eigenvalue weighted by atomic mass is 16.2. The molecule has 1 aromatic rings. The number of hydrogen-bond donors (Lipinski definition) is 2. The third-order valence-electron chi connectivity index (χ3n) is 5.53. The van der Waals surface area contributed by atoms with Crippen LogP contribution in [0.4, 0.5) is 0 Å². The fourth-order valence-corrected chi connectivity index (χ4v) is 3.94. The molecule has 2 N–H and O–H groups in total.